The zero-order valence-corrected chi connectivity index (χ0v) is 17.5. The van der Waals surface area contributed by atoms with Gasteiger partial charge >= 0.3 is 0 Å². The number of piperidine rings is 1. The number of likely N-dealkylation sites (tertiary alicyclic amines) is 1. The van der Waals surface area contributed by atoms with Crippen molar-refractivity contribution >= 4 is 40.9 Å². The third-order valence-corrected chi connectivity index (χ3v) is 6.53. The summed E-state index contributed by atoms with van der Waals surface area (Å²) in [6, 6.07) is 10.1. The van der Waals surface area contributed by atoms with Crippen LogP contribution in [0.3, 0.4) is 0 Å². The van der Waals surface area contributed by atoms with Crippen molar-refractivity contribution < 1.29 is 23.2 Å². The van der Waals surface area contributed by atoms with E-state index in [1.807, 2.05) is 12.1 Å². The van der Waals surface area contributed by atoms with Crippen molar-refractivity contribution in [2.24, 2.45) is 0 Å². The Bertz CT molecular complexity index is 1030. The number of hydrogen-bond donors (Lipinski definition) is 1. The molecule has 2 aromatic rings. The summed E-state index contributed by atoms with van der Waals surface area (Å²) < 4.78 is 26.5. The molecule has 0 saturated carbocycles. The zero-order valence-electron chi connectivity index (χ0n) is 16.6. The van der Waals surface area contributed by atoms with Crippen LogP contribution in [0.15, 0.2) is 47.4 Å². The highest BCUT2D eigenvalue weighted by Crippen LogP contribution is 2.40. The second-order valence-electron chi connectivity index (χ2n) is 7.45. The van der Waals surface area contributed by atoms with Crippen LogP contribution in [0.25, 0.3) is 0 Å². The van der Waals surface area contributed by atoms with E-state index in [1.54, 1.807) is 17.0 Å². The van der Waals surface area contributed by atoms with Crippen LogP contribution in [0.1, 0.15) is 19.3 Å². The van der Waals surface area contributed by atoms with Crippen LogP contribution in [0.4, 0.5) is 20.2 Å². The SMILES string of the molecule is O=C(CN1C(=O)[C@H](C(=O)N2CCCCC2)Sc2ccccc21)Nc1ccc(F)c(F)c1. The van der Waals surface area contributed by atoms with Crippen molar-refractivity contribution in [3.05, 3.63) is 54.1 Å². The smallest absolute Gasteiger partial charge is 0.250 e. The molecule has 0 spiro atoms. The Morgan fingerprint density at radius 2 is 1.77 bits per heavy atom. The molecule has 0 bridgehead atoms. The summed E-state index contributed by atoms with van der Waals surface area (Å²) in [5.41, 5.74) is 0.623. The number of halogens is 2. The van der Waals surface area contributed by atoms with Gasteiger partial charge in [-0.3, -0.25) is 14.4 Å². The van der Waals surface area contributed by atoms with E-state index in [1.165, 1.54) is 22.7 Å². The van der Waals surface area contributed by atoms with E-state index in [0.29, 0.717) is 18.8 Å². The molecule has 1 atom stereocenters. The summed E-state index contributed by atoms with van der Waals surface area (Å²) in [4.78, 5) is 42.6. The molecule has 0 radical (unpaired) electrons. The fraction of sp³-hybridized carbons (Fsp3) is 0.318. The first-order chi connectivity index (χ1) is 14.9. The number of amides is 3. The average Bonchev–Trinajstić information content (AvgIpc) is 2.78. The fourth-order valence-corrected chi connectivity index (χ4v) is 4.92. The summed E-state index contributed by atoms with van der Waals surface area (Å²) in [7, 11) is 0. The van der Waals surface area contributed by atoms with E-state index in [4.69, 9.17) is 0 Å². The number of carbonyl (C=O) groups excluding carboxylic acids is 3. The lowest BCUT2D eigenvalue weighted by molar-refractivity contribution is -0.135. The van der Waals surface area contributed by atoms with Gasteiger partial charge in [-0.25, -0.2) is 8.78 Å². The van der Waals surface area contributed by atoms with Gasteiger partial charge in [0.05, 0.1) is 5.69 Å². The standard InChI is InChI=1S/C22H21F2N3O3S/c23-15-9-8-14(12-16(15)24)25-19(28)13-27-17-6-2-3-7-18(17)31-20(22(27)30)21(29)26-10-4-1-5-11-26/h2-3,6-9,12,20H,1,4-5,10-11,13H2,(H,25,28)/t20-/m0/s1. The van der Waals surface area contributed by atoms with Crippen molar-refractivity contribution in [2.45, 2.75) is 29.4 Å². The third kappa shape index (κ3) is 4.56. The maximum atomic E-state index is 13.4. The monoisotopic (exact) mass is 445 g/mol. The quantitative estimate of drug-likeness (QED) is 0.733. The largest absolute Gasteiger partial charge is 0.341 e. The molecule has 0 aliphatic carbocycles. The Kier molecular flexibility index (Phi) is 6.22. The topological polar surface area (TPSA) is 69.7 Å². The Balaban J connectivity index is 1.54. The number of thioether (sulfide) groups is 1. The van der Waals surface area contributed by atoms with Gasteiger partial charge in [0.25, 0.3) is 5.91 Å². The molecule has 3 amide bonds. The van der Waals surface area contributed by atoms with Crippen LogP contribution in [-0.4, -0.2) is 47.5 Å². The van der Waals surface area contributed by atoms with Gasteiger partial charge in [0.2, 0.25) is 11.8 Å². The Morgan fingerprint density at radius 1 is 1.03 bits per heavy atom. The summed E-state index contributed by atoms with van der Waals surface area (Å²) >= 11 is 1.20. The number of nitrogens with zero attached hydrogens (tertiary/aromatic N) is 2. The molecule has 9 heteroatoms. The number of rotatable bonds is 4. The maximum Gasteiger partial charge on any atom is 0.250 e. The van der Waals surface area contributed by atoms with Gasteiger partial charge in [-0.05, 0) is 43.5 Å². The number of carbonyl (C=O) groups is 3. The van der Waals surface area contributed by atoms with Crippen LogP contribution in [0, 0.1) is 11.6 Å². The number of benzene rings is 2. The van der Waals surface area contributed by atoms with Crippen LogP contribution < -0.4 is 10.2 Å². The van der Waals surface area contributed by atoms with Gasteiger partial charge in [0, 0.05) is 29.7 Å². The van der Waals surface area contributed by atoms with Crippen LogP contribution >= 0.6 is 11.8 Å². The minimum absolute atomic E-state index is 0.0805. The molecular formula is C22H21F2N3O3S. The molecule has 1 fully saturated rings. The van der Waals surface area contributed by atoms with Crippen molar-refractivity contribution in [3.8, 4) is 0 Å². The molecule has 0 unspecified atom stereocenters. The predicted octanol–water partition coefficient (Wildman–Crippen LogP) is 3.42. The van der Waals surface area contributed by atoms with Gasteiger partial charge in [-0.1, -0.05) is 12.1 Å². The normalized spacial score (nSPS) is 18.5. The first kappa shape index (κ1) is 21.3. The fourth-order valence-electron chi connectivity index (χ4n) is 3.73. The molecule has 2 aliphatic heterocycles. The third-order valence-electron chi connectivity index (χ3n) is 5.29. The molecular weight excluding hydrogens is 424 g/mol. The van der Waals surface area contributed by atoms with Crippen molar-refractivity contribution in [2.75, 3.05) is 29.9 Å². The summed E-state index contributed by atoms with van der Waals surface area (Å²) in [5, 5.41) is 1.52. The first-order valence-corrected chi connectivity index (χ1v) is 10.9. The highest BCUT2D eigenvalue weighted by Gasteiger charge is 2.41. The molecule has 4 rings (SSSR count). The molecule has 2 aromatic carbocycles. The Morgan fingerprint density at radius 3 is 2.52 bits per heavy atom. The summed E-state index contributed by atoms with van der Waals surface area (Å²) in [6.45, 7) is 0.905. The van der Waals surface area contributed by atoms with Crippen LogP contribution in [0.2, 0.25) is 0 Å². The van der Waals surface area contributed by atoms with Gasteiger partial charge in [-0.2, -0.15) is 0 Å². The molecule has 2 aliphatic rings. The van der Waals surface area contributed by atoms with Gasteiger partial charge in [0.15, 0.2) is 16.9 Å². The Hall–Kier alpha value is -2.94. The van der Waals surface area contributed by atoms with Gasteiger partial charge < -0.3 is 15.1 Å². The second kappa shape index (κ2) is 9.05. The number of para-hydroxylation sites is 1. The van der Waals surface area contributed by atoms with E-state index in [9.17, 15) is 23.2 Å². The number of anilines is 2. The van der Waals surface area contributed by atoms with Crippen molar-refractivity contribution in [3.63, 3.8) is 0 Å². The highest BCUT2D eigenvalue weighted by atomic mass is 32.2. The summed E-state index contributed by atoms with van der Waals surface area (Å²) in [6.07, 6.45) is 2.89. The number of nitrogens with one attached hydrogen (secondary N) is 1. The molecule has 0 aromatic heterocycles. The van der Waals surface area contributed by atoms with Crippen molar-refractivity contribution in [1.29, 1.82) is 0 Å². The maximum absolute atomic E-state index is 13.4. The van der Waals surface area contributed by atoms with Gasteiger partial charge in [0.1, 0.15) is 6.54 Å². The van der Waals surface area contributed by atoms with Crippen LogP contribution in [-0.2, 0) is 14.4 Å². The Labute approximate surface area is 182 Å². The van der Waals surface area contributed by atoms with E-state index >= 15 is 0 Å². The molecule has 1 saturated heterocycles. The lowest BCUT2D eigenvalue weighted by atomic mass is 10.1. The molecule has 162 valence electrons. The predicted molar refractivity (Wildman–Crippen MR) is 114 cm³/mol. The molecule has 1 N–H and O–H groups in total. The minimum Gasteiger partial charge on any atom is -0.341 e. The lowest BCUT2D eigenvalue weighted by Gasteiger charge is -2.36. The van der Waals surface area contributed by atoms with E-state index in [0.717, 1.165) is 36.3 Å². The zero-order chi connectivity index (χ0) is 22.0. The first-order valence-electron chi connectivity index (χ1n) is 10.0. The molecule has 2 heterocycles. The molecule has 31 heavy (non-hydrogen) atoms. The van der Waals surface area contributed by atoms with Crippen molar-refractivity contribution in [1.82, 2.24) is 4.90 Å². The number of hydrogen-bond acceptors (Lipinski definition) is 4. The average molecular weight is 445 g/mol. The minimum atomic E-state index is -1.08. The molecule has 6 nitrogen and oxygen atoms in total. The van der Waals surface area contributed by atoms with E-state index in [-0.39, 0.29) is 18.1 Å². The highest BCUT2D eigenvalue weighted by molar-refractivity contribution is 8.01. The van der Waals surface area contributed by atoms with Gasteiger partial charge in [-0.15, -0.1) is 11.8 Å². The van der Waals surface area contributed by atoms with E-state index in [2.05, 4.69) is 5.32 Å². The summed E-state index contributed by atoms with van der Waals surface area (Å²) in [5.74, 6) is -3.38. The van der Waals surface area contributed by atoms with E-state index < -0.39 is 28.7 Å². The van der Waals surface area contributed by atoms with Crippen LogP contribution in [0.5, 0.6) is 0 Å². The lowest BCUT2D eigenvalue weighted by Crippen LogP contribution is -2.52. The number of fused-ring (bicyclic) bond motifs is 1. The second-order valence-corrected chi connectivity index (χ2v) is 8.60.